The molecule has 1 aromatic heterocycles. The summed E-state index contributed by atoms with van der Waals surface area (Å²) < 4.78 is 5.40. The number of carbonyl (C=O) groups is 1. The summed E-state index contributed by atoms with van der Waals surface area (Å²) in [6.45, 7) is 2.47. The highest BCUT2D eigenvalue weighted by atomic mass is 32.1. The Morgan fingerprint density at radius 1 is 1.29 bits per heavy atom. The van der Waals surface area contributed by atoms with Crippen LogP contribution in [-0.4, -0.2) is 30.6 Å². The zero-order valence-electron chi connectivity index (χ0n) is 11.7. The van der Waals surface area contributed by atoms with E-state index in [1.54, 1.807) is 16.2 Å². The molecule has 1 fully saturated rings. The Bertz CT molecular complexity index is 571. The molecule has 0 spiro atoms. The predicted octanol–water partition coefficient (Wildman–Crippen LogP) is 3.03. The van der Waals surface area contributed by atoms with Crippen LogP contribution in [0.5, 0.6) is 0 Å². The van der Waals surface area contributed by atoms with E-state index in [4.69, 9.17) is 4.74 Å². The number of nitrogens with one attached hydrogen (secondary N) is 1. The first kappa shape index (κ1) is 14.1. The van der Waals surface area contributed by atoms with Gasteiger partial charge in [0.05, 0.1) is 6.04 Å². The molecule has 2 aromatic rings. The van der Waals surface area contributed by atoms with Crippen LogP contribution in [0.2, 0.25) is 0 Å². The van der Waals surface area contributed by atoms with Gasteiger partial charge in [-0.15, -0.1) is 11.3 Å². The van der Waals surface area contributed by atoms with Crippen molar-refractivity contribution in [2.75, 3.05) is 19.6 Å². The highest BCUT2D eigenvalue weighted by Gasteiger charge is 2.25. The maximum absolute atomic E-state index is 12.2. The lowest BCUT2D eigenvalue weighted by atomic mass is 10.2. The number of piperazine rings is 1. The van der Waals surface area contributed by atoms with Gasteiger partial charge in [-0.25, -0.2) is 4.79 Å². The molecule has 1 amide bonds. The zero-order chi connectivity index (χ0) is 14.5. The Balaban J connectivity index is 1.55. The van der Waals surface area contributed by atoms with Gasteiger partial charge >= 0.3 is 6.09 Å². The van der Waals surface area contributed by atoms with Gasteiger partial charge in [-0.1, -0.05) is 36.4 Å². The Kier molecular flexibility index (Phi) is 4.52. The van der Waals surface area contributed by atoms with Crippen molar-refractivity contribution in [3.05, 3.63) is 58.3 Å². The molecule has 1 unspecified atom stereocenters. The Hall–Kier alpha value is -1.85. The summed E-state index contributed by atoms with van der Waals surface area (Å²) in [5, 5.41) is 5.50. The topological polar surface area (TPSA) is 41.6 Å². The molecule has 1 N–H and O–H groups in total. The van der Waals surface area contributed by atoms with E-state index in [0.29, 0.717) is 19.7 Å². The van der Waals surface area contributed by atoms with E-state index in [-0.39, 0.29) is 12.1 Å². The van der Waals surface area contributed by atoms with Crippen LogP contribution in [0.4, 0.5) is 4.79 Å². The van der Waals surface area contributed by atoms with Gasteiger partial charge in [0.25, 0.3) is 0 Å². The molecule has 2 heterocycles. The van der Waals surface area contributed by atoms with E-state index < -0.39 is 0 Å². The molecule has 1 atom stereocenters. The minimum absolute atomic E-state index is 0.211. The zero-order valence-corrected chi connectivity index (χ0v) is 12.5. The first-order valence-electron chi connectivity index (χ1n) is 7.05. The Morgan fingerprint density at radius 2 is 2.14 bits per heavy atom. The number of thiophene rings is 1. The van der Waals surface area contributed by atoms with Crippen LogP contribution in [-0.2, 0) is 11.3 Å². The summed E-state index contributed by atoms with van der Waals surface area (Å²) in [4.78, 5) is 15.2. The molecule has 1 aromatic carbocycles. The second-order valence-corrected chi connectivity index (χ2v) is 5.99. The van der Waals surface area contributed by atoms with Crippen molar-refractivity contribution in [3.63, 3.8) is 0 Å². The van der Waals surface area contributed by atoms with Crippen molar-refractivity contribution < 1.29 is 9.53 Å². The van der Waals surface area contributed by atoms with Crippen LogP contribution < -0.4 is 5.32 Å². The number of amides is 1. The van der Waals surface area contributed by atoms with Crippen LogP contribution >= 0.6 is 11.3 Å². The molecule has 1 saturated heterocycles. The SMILES string of the molecule is O=C(OCc1ccccc1)N1CCNC(c2cccs2)C1. The number of hydrogen-bond acceptors (Lipinski definition) is 4. The summed E-state index contributed by atoms with van der Waals surface area (Å²) in [6, 6.07) is 14.1. The van der Waals surface area contributed by atoms with Gasteiger partial charge < -0.3 is 15.0 Å². The lowest BCUT2D eigenvalue weighted by molar-refractivity contribution is 0.0852. The first-order chi connectivity index (χ1) is 10.3. The van der Waals surface area contributed by atoms with Crippen LogP contribution in [0.15, 0.2) is 47.8 Å². The Morgan fingerprint density at radius 3 is 2.90 bits per heavy atom. The van der Waals surface area contributed by atoms with Gasteiger partial charge in [0, 0.05) is 24.5 Å². The third-order valence-electron chi connectivity index (χ3n) is 3.53. The number of ether oxygens (including phenoxy) is 1. The molecule has 1 aliphatic rings. The average Bonchev–Trinajstić information content (AvgIpc) is 3.08. The van der Waals surface area contributed by atoms with Crippen LogP contribution in [0.25, 0.3) is 0 Å². The van der Waals surface area contributed by atoms with E-state index in [1.165, 1.54) is 4.88 Å². The molecule has 3 rings (SSSR count). The molecule has 5 heteroatoms. The number of benzene rings is 1. The third-order valence-corrected chi connectivity index (χ3v) is 4.51. The molecular formula is C16H18N2O2S. The highest BCUT2D eigenvalue weighted by molar-refractivity contribution is 7.10. The normalized spacial score (nSPS) is 18.5. The van der Waals surface area contributed by atoms with Gasteiger partial charge in [0.15, 0.2) is 0 Å². The molecule has 0 aliphatic carbocycles. The van der Waals surface area contributed by atoms with Crippen LogP contribution in [0.3, 0.4) is 0 Å². The number of carbonyl (C=O) groups excluding carboxylic acids is 1. The van der Waals surface area contributed by atoms with Gasteiger partial charge in [-0.05, 0) is 17.0 Å². The van der Waals surface area contributed by atoms with Gasteiger partial charge in [0.2, 0.25) is 0 Å². The molecule has 110 valence electrons. The average molecular weight is 302 g/mol. The second-order valence-electron chi connectivity index (χ2n) is 5.01. The maximum Gasteiger partial charge on any atom is 0.410 e. The monoisotopic (exact) mass is 302 g/mol. The smallest absolute Gasteiger partial charge is 0.410 e. The fraction of sp³-hybridized carbons (Fsp3) is 0.312. The van der Waals surface area contributed by atoms with Crippen LogP contribution in [0.1, 0.15) is 16.5 Å². The Labute approximate surface area is 128 Å². The van der Waals surface area contributed by atoms with Gasteiger partial charge in [-0.3, -0.25) is 0 Å². The summed E-state index contributed by atoms with van der Waals surface area (Å²) in [5.41, 5.74) is 1.01. The number of hydrogen-bond donors (Lipinski definition) is 1. The summed E-state index contributed by atoms with van der Waals surface area (Å²) in [5.74, 6) is 0. The van der Waals surface area contributed by atoms with E-state index in [2.05, 4.69) is 16.8 Å². The van der Waals surface area contributed by atoms with Crippen molar-refractivity contribution in [3.8, 4) is 0 Å². The summed E-state index contributed by atoms with van der Waals surface area (Å²) in [7, 11) is 0. The minimum atomic E-state index is -0.234. The molecule has 21 heavy (non-hydrogen) atoms. The third kappa shape index (κ3) is 3.62. The van der Waals surface area contributed by atoms with E-state index in [1.807, 2.05) is 36.4 Å². The van der Waals surface area contributed by atoms with Gasteiger partial charge in [0.1, 0.15) is 6.61 Å². The number of nitrogens with zero attached hydrogens (tertiary/aromatic N) is 1. The lowest BCUT2D eigenvalue weighted by Gasteiger charge is -2.32. The predicted molar refractivity (Wildman–Crippen MR) is 83.3 cm³/mol. The fourth-order valence-electron chi connectivity index (χ4n) is 2.41. The van der Waals surface area contributed by atoms with Gasteiger partial charge in [-0.2, -0.15) is 0 Å². The maximum atomic E-state index is 12.2. The molecule has 4 nitrogen and oxygen atoms in total. The van der Waals surface area contributed by atoms with E-state index in [0.717, 1.165) is 12.1 Å². The quantitative estimate of drug-likeness (QED) is 0.947. The van der Waals surface area contributed by atoms with Crippen molar-refractivity contribution in [1.82, 2.24) is 10.2 Å². The second kappa shape index (κ2) is 6.74. The standard InChI is InChI=1S/C16H18N2O2S/c19-16(20-12-13-5-2-1-3-6-13)18-9-8-17-14(11-18)15-7-4-10-21-15/h1-7,10,14,17H,8-9,11-12H2. The molecule has 0 bridgehead atoms. The highest BCUT2D eigenvalue weighted by Crippen LogP contribution is 2.22. The fourth-order valence-corrected chi connectivity index (χ4v) is 3.20. The van der Waals surface area contributed by atoms with Crippen molar-refractivity contribution in [1.29, 1.82) is 0 Å². The van der Waals surface area contributed by atoms with E-state index >= 15 is 0 Å². The van der Waals surface area contributed by atoms with Crippen molar-refractivity contribution in [2.45, 2.75) is 12.6 Å². The number of rotatable bonds is 3. The molecular weight excluding hydrogens is 284 g/mol. The van der Waals surface area contributed by atoms with E-state index in [9.17, 15) is 4.79 Å². The molecule has 0 saturated carbocycles. The molecule has 1 aliphatic heterocycles. The molecule has 0 radical (unpaired) electrons. The summed E-state index contributed by atoms with van der Waals surface area (Å²) in [6.07, 6.45) is -0.234. The van der Waals surface area contributed by atoms with Crippen molar-refractivity contribution in [2.24, 2.45) is 0 Å². The first-order valence-corrected chi connectivity index (χ1v) is 7.93. The summed E-state index contributed by atoms with van der Waals surface area (Å²) >= 11 is 1.71. The minimum Gasteiger partial charge on any atom is -0.445 e. The lowest BCUT2D eigenvalue weighted by Crippen LogP contribution is -2.48. The largest absolute Gasteiger partial charge is 0.445 e. The van der Waals surface area contributed by atoms with Crippen molar-refractivity contribution >= 4 is 17.4 Å². The van der Waals surface area contributed by atoms with Crippen LogP contribution in [0, 0.1) is 0 Å².